The van der Waals surface area contributed by atoms with Gasteiger partial charge in [0.2, 0.25) is 0 Å². The number of para-hydroxylation sites is 6. The Morgan fingerprint density at radius 2 is 0.871 bits per heavy atom. The van der Waals surface area contributed by atoms with Gasteiger partial charge in [0, 0.05) is 60.1 Å². The topological polar surface area (TPSA) is 34.5 Å². The molecule has 0 radical (unpaired) electrons. The maximum atomic E-state index is 7.02. The summed E-state index contributed by atoms with van der Waals surface area (Å²) in [6.45, 7) is 0. The second-order valence-corrected chi connectivity index (χ2v) is 16.0. The minimum atomic E-state index is 0.838. The summed E-state index contributed by atoms with van der Waals surface area (Å²) in [6.07, 6.45) is 0. The van der Waals surface area contributed by atoms with Crippen LogP contribution in [0.1, 0.15) is 0 Å². The number of furan rings is 2. The highest BCUT2D eigenvalue weighted by molar-refractivity contribution is 6.16. The Morgan fingerprint density at radius 1 is 0.339 bits per heavy atom. The molecule has 0 saturated heterocycles. The van der Waals surface area contributed by atoms with Gasteiger partial charge in [0.05, 0.1) is 28.1 Å². The van der Waals surface area contributed by atoms with Crippen molar-refractivity contribution in [2.75, 3.05) is 4.90 Å². The van der Waals surface area contributed by atoms with Crippen molar-refractivity contribution in [3.8, 4) is 27.9 Å². The zero-order valence-electron chi connectivity index (χ0n) is 33.5. The lowest BCUT2D eigenvalue weighted by atomic mass is 9.95. The first-order valence-corrected chi connectivity index (χ1v) is 21.1. The van der Waals surface area contributed by atoms with Gasteiger partial charge in [-0.25, -0.2) is 0 Å². The lowest BCUT2D eigenvalue weighted by molar-refractivity contribution is 0.669. The van der Waals surface area contributed by atoms with Crippen molar-refractivity contribution in [2.45, 2.75) is 0 Å². The Morgan fingerprint density at radius 3 is 1.65 bits per heavy atom. The number of hydrogen-bond acceptors (Lipinski definition) is 3. The van der Waals surface area contributed by atoms with Crippen molar-refractivity contribution in [3.63, 3.8) is 0 Å². The molecule has 4 heteroatoms. The lowest BCUT2D eigenvalue weighted by Crippen LogP contribution is -2.13. The highest BCUT2D eigenvalue weighted by atomic mass is 16.3. The molecule has 3 aromatic heterocycles. The maximum absolute atomic E-state index is 7.02. The molecule has 3 heterocycles. The predicted octanol–water partition coefficient (Wildman–Crippen LogP) is 16.5. The molecule has 0 atom stereocenters. The minimum absolute atomic E-state index is 0.838. The van der Waals surface area contributed by atoms with Crippen molar-refractivity contribution in [3.05, 3.63) is 218 Å². The van der Waals surface area contributed by atoms with E-state index in [2.05, 4.69) is 216 Å². The summed E-state index contributed by atoms with van der Waals surface area (Å²) in [5, 5.41) is 9.11. The fraction of sp³-hybridized carbons (Fsp3) is 0. The van der Waals surface area contributed by atoms with Gasteiger partial charge in [0.15, 0.2) is 0 Å². The van der Waals surface area contributed by atoms with Crippen molar-refractivity contribution < 1.29 is 8.83 Å². The summed E-state index contributed by atoms with van der Waals surface area (Å²) >= 11 is 0. The third-order valence-electron chi connectivity index (χ3n) is 12.6. The van der Waals surface area contributed by atoms with Crippen molar-refractivity contribution in [2.24, 2.45) is 0 Å². The van der Waals surface area contributed by atoms with Crippen LogP contribution in [-0.2, 0) is 0 Å². The van der Waals surface area contributed by atoms with Gasteiger partial charge >= 0.3 is 0 Å². The Bertz CT molecular complexity index is 3840. The average molecular weight is 793 g/mol. The van der Waals surface area contributed by atoms with E-state index >= 15 is 0 Å². The monoisotopic (exact) mass is 792 g/mol. The van der Waals surface area contributed by atoms with Gasteiger partial charge in [0.1, 0.15) is 22.3 Å². The average Bonchev–Trinajstić information content (AvgIpc) is 4.02. The van der Waals surface area contributed by atoms with E-state index in [0.29, 0.717) is 0 Å². The SMILES string of the molecule is c1cc(-c2c(N(c3ccccc3-c3cccc4c3oc3ccccc34)c3cccc4ccccc34)ccc3c2oc2ccccc23)cc(-n2c3ccccc3c3ccccc32)c1. The second-order valence-electron chi connectivity index (χ2n) is 16.0. The molecule has 13 aromatic rings. The van der Waals surface area contributed by atoms with Gasteiger partial charge in [-0.1, -0.05) is 158 Å². The van der Waals surface area contributed by atoms with E-state index in [1.807, 2.05) is 12.1 Å². The first-order chi connectivity index (χ1) is 30.8. The number of anilines is 3. The van der Waals surface area contributed by atoms with Crippen LogP contribution in [-0.4, -0.2) is 4.57 Å². The summed E-state index contributed by atoms with van der Waals surface area (Å²) in [4.78, 5) is 2.44. The van der Waals surface area contributed by atoms with Crippen LogP contribution in [0.5, 0.6) is 0 Å². The van der Waals surface area contributed by atoms with Crippen LogP contribution in [0.2, 0.25) is 0 Å². The van der Waals surface area contributed by atoms with E-state index in [1.165, 1.54) is 21.8 Å². The molecule has 0 aliphatic rings. The van der Waals surface area contributed by atoms with E-state index < -0.39 is 0 Å². The van der Waals surface area contributed by atoms with Crippen molar-refractivity contribution >= 4 is 93.5 Å². The zero-order valence-corrected chi connectivity index (χ0v) is 33.5. The van der Waals surface area contributed by atoms with Gasteiger partial charge < -0.3 is 18.3 Å². The highest BCUT2D eigenvalue weighted by Gasteiger charge is 2.27. The third kappa shape index (κ3) is 5.14. The second kappa shape index (κ2) is 13.6. The molecule has 0 aliphatic carbocycles. The van der Waals surface area contributed by atoms with Gasteiger partial charge in [-0.15, -0.1) is 0 Å². The molecule has 13 rings (SSSR count). The molecule has 0 fully saturated rings. The van der Waals surface area contributed by atoms with Gasteiger partial charge in [-0.2, -0.15) is 0 Å². The van der Waals surface area contributed by atoms with Crippen LogP contribution in [0.25, 0.3) is 104 Å². The van der Waals surface area contributed by atoms with E-state index in [0.717, 1.165) is 99.7 Å². The van der Waals surface area contributed by atoms with Gasteiger partial charge in [0.25, 0.3) is 0 Å². The first kappa shape index (κ1) is 34.5. The number of nitrogens with zero attached hydrogens (tertiary/aromatic N) is 2. The van der Waals surface area contributed by atoms with Crippen molar-refractivity contribution in [1.82, 2.24) is 4.57 Å². The largest absolute Gasteiger partial charge is 0.455 e. The standard InChI is InChI=1S/C58H36N2O2/c1-2-20-40-37(16-1)17-14-31-49(40)60(52-30-10-5-23-43(52)46-26-15-27-47-44-24-6-11-32-54(44)61-57(46)47)53-35-34-48-45-25-7-12-33-55(45)62-58(48)56(53)38-18-13-19-39(36-38)59-50-28-8-3-21-41(50)42-22-4-9-29-51(42)59/h1-36H. The molecule has 62 heavy (non-hydrogen) atoms. The molecule has 4 nitrogen and oxygen atoms in total. The Balaban J connectivity index is 1.13. The smallest absolute Gasteiger partial charge is 0.145 e. The number of rotatable bonds is 6. The van der Waals surface area contributed by atoms with Crippen LogP contribution in [0.3, 0.4) is 0 Å². The van der Waals surface area contributed by atoms with E-state index in [9.17, 15) is 0 Å². The third-order valence-corrected chi connectivity index (χ3v) is 12.6. The van der Waals surface area contributed by atoms with Crippen LogP contribution in [0, 0.1) is 0 Å². The Kier molecular flexibility index (Phi) is 7.57. The number of fused-ring (bicyclic) bond motifs is 10. The molecule has 0 unspecified atom stereocenters. The van der Waals surface area contributed by atoms with Gasteiger partial charge in [-0.3, -0.25) is 0 Å². The molecule has 10 aromatic carbocycles. The predicted molar refractivity (Wildman–Crippen MR) is 258 cm³/mol. The van der Waals surface area contributed by atoms with E-state index in [1.54, 1.807) is 0 Å². The lowest BCUT2D eigenvalue weighted by Gasteiger charge is -2.31. The normalized spacial score (nSPS) is 11.9. The first-order valence-electron chi connectivity index (χ1n) is 21.1. The van der Waals surface area contributed by atoms with E-state index in [4.69, 9.17) is 8.83 Å². The number of hydrogen-bond donors (Lipinski definition) is 0. The Labute approximate surface area is 356 Å². The zero-order chi connectivity index (χ0) is 40.7. The molecule has 0 N–H and O–H groups in total. The van der Waals surface area contributed by atoms with E-state index in [-0.39, 0.29) is 0 Å². The summed E-state index contributed by atoms with van der Waals surface area (Å²) in [5.74, 6) is 0. The molecule has 0 aliphatic heterocycles. The molecule has 0 bridgehead atoms. The maximum Gasteiger partial charge on any atom is 0.145 e. The summed E-state index contributed by atoms with van der Waals surface area (Å²) < 4.78 is 16.1. The number of benzene rings is 10. The fourth-order valence-corrected chi connectivity index (χ4v) is 9.89. The Hall–Kier alpha value is -8.34. The molecule has 0 saturated carbocycles. The quantitative estimate of drug-likeness (QED) is 0.168. The molecular formula is C58H36N2O2. The molecule has 0 spiro atoms. The fourth-order valence-electron chi connectivity index (χ4n) is 9.89. The van der Waals surface area contributed by atoms with Gasteiger partial charge in [-0.05, 0) is 71.6 Å². The summed E-state index contributed by atoms with van der Waals surface area (Å²) in [7, 11) is 0. The molecule has 0 amide bonds. The van der Waals surface area contributed by atoms with Crippen LogP contribution < -0.4 is 4.90 Å². The molecular weight excluding hydrogens is 757 g/mol. The highest BCUT2D eigenvalue weighted by Crippen LogP contribution is 2.51. The molecule has 290 valence electrons. The number of aromatic nitrogens is 1. The van der Waals surface area contributed by atoms with Crippen LogP contribution in [0.4, 0.5) is 17.1 Å². The van der Waals surface area contributed by atoms with Crippen LogP contribution in [0.15, 0.2) is 227 Å². The summed E-state index contributed by atoms with van der Waals surface area (Å²) in [5.41, 5.74) is 14.1. The van der Waals surface area contributed by atoms with Crippen molar-refractivity contribution in [1.29, 1.82) is 0 Å². The van der Waals surface area contributed by atoms with Crippen LogP contribution >= 0.6 is 0 Å². The minimum Gasteiger partial charge on any atom is -0.455 e. The summed E-state index contributed by atoms with van der Waals surface area (Å²) in [6, 6.07) is 77.9.